The maximum absolute atomic E-state index is 14.1. The van der Waals surface area contributed by atoms with Crippen LogP contribution in [-0.2, 0) is 16.4 Å². The molecule has 3 aromatic rings. The first-order valence-electron chi connectivity index (χ1n) is 9.13. The molecule has 0 atom stereocenters. The summed E-state index contributed by atoms with van der Waals surface area (Å²) in [6.45, 7) is -0.238. The second-order valence-electron chi connectivity index (χ2n) is 6.45. The van der Waals surface area contributed by atoms with Crippen molar-refractivity contribution in [2.45, 2.75) is 11.5 Å². The zero-order valence-electron chi connectivity index (χ0n) is 16.7. The Bertz CT molecular complexity index is 1300. The third kappa shape index (κ3) is 5.05. The molecule has 0 radical (unpaired) electrons. The van der Waals surface area contributed by atoms with E-state index in [-0.39, 0.29) is 39.2 Å². The van der Waals surface area contributed by atoms with E-state index in [1.165, 1.54) is 55.7 Å². The highest BCUT2D eigenvalue weighted by atomic mass is 35.5. The van der Waals surface area contributed by atoms with Gasteiger partial charge in [0.2, 0.25) is 9.84 Å². The van der Waals surface area contributed by atoms with Gasteiger partial charge in [-0.2, -0.15) is 5.26 Å². The Hall–Kier alpha value is -3.05. The fourth-order valence-corrected chi connectivity index (χ4v) is 4.32. The summed E-state index contributed by atoms with van der Waals surface area (Å²) in [6.07, 6.45) is 1.17. The molecule has 3 rings (SSSR count). The molecule has 0 N–H and O–H groups in total. The topological polar surface area (TPSA) is 76.4 Å². The van der Waals surface area contributed by atoms with Crippen LogP contribution in [0.5, 0.6) is 11.5 Å². The van der Waals surface area contributed by atoms with Crippen LogP contribution in [0.15, 0.2) is 70.5 Å². The molecule has 0 saturated carbocycles. The van der Waals surface area contributed by atoms with Gasteiger partial charge in [-0.15, -0.1) is 0 Å². The number of nitriles is 1. The summed E-state index contributed by atoms with van der Waals surface area (Å²) < 4.78 is 51.1. The fourth-order valence-electron chi connectivity index (χ4n) is 2.83. The summed E-state index contributed by atoms with van der Waals surface area (Å²) >= 11 is 11.9. The number of methoxy groups -OCH3 is 1. The number of para-hydroxylation sites is 1. The highest BCUT2D eigenvalue weighted by Crippen LogP contribution is 2.35. The first-order valence-corrected chi connectivity index (χ1v) is 11.4. The van der Waals surface area contributed by atoms with Gasteiger partial charge in [-0.1, -0.05) is 41.4 Å². The normalized spacial score (nSPS) is 11.7. The van der Waals surface area contributed by atoms with Crippen molar-refractivity contribution in [3.63, 3.8) is 0 Å². The van der Waals surface area contributed by atoms with Gasteiger partial charge < -0.3 is 9.47 Å². The Morgan fingerprint density at radius 3 is 2.41 bits per heavy atom. The molecule has 0 bridgehead atoms. The van der Waals surface area contributed by atoms with Crippen molar-refractivity contribution in [3.05, 3.63) is 92.6 Å². The van der Waals surface area contributed by atoms with Crippen molar-refractivity contribution in [2.75, 3.05) is 7.11 Å². The SMILES string of the molecule is COc1cccc(/C=C(/C#N)S(=O)(=O)c2ccc(Cl)cc2)c1OCc1c(F)cccc1Cl. The van der Waals surface area contributed by atoms with Crippen LogP contribution in [0.25, 0.3) is 6.08 Å². The van der Waals surface area contributed by atoms with E-state index >= 15 is 0 Å². The molecule has 0 spiro atoms. The van der Waals surface area contributed by atoms with Gasteiger partial charge in [-0.3, -0.25) is 0 Å². The van der Waals surface area contributed by atoms with Crippen LogP contribution in [0.3, 0.4) is 0 Å². The molecular formula is C23H16Cl2FNO4S. The Balaban J connectivity index is 2.04. The van der Waals surface area contributed by atoms with Crippen LogP contribution in [-0.4, -0.2) is 15.5 Å². The predicted molar refractivity (Wildman–Crippen MR) is 121 cm³/mol. The first kappa shape index (κ1) is 23.6. The second kappa shape index (κ2) is 10.0. The number of halogens is 3. The van der Waals surface area contributed by atoms with Crippen molar-refractivity contribution in [1.82, 2.24) is 0 Å². The highest BCUT2D eigenvalue weighted by Gasteiger charge is 2.22. The van der Waals surface area contributed by atoms with Crippen LogP contribution >= 0.6 is 23.2 Å². The van der Waals surface area contributed by atoms with Crippen molar-refractivity contribution < 1.29 is 22.3 Å². The van der Waals surface area contributed by atoms with E-state index in [0.717, 1.165) is 0 Å². The Kier molecular flexibility index (Phi) is 7.41. The van der Waals surface area contributed by atoms with Crippen LogP contribution in [0.2, 0.25) is 10.0 Å². The molecule has 0 amide bonds. The summed E-state index contributed by atoms with van der Waals surface area (Å²) in [5.74, 6) is -0.145. The average molecular weight is 492 g/mol. The number of sulfone groups is 1. The van der Waals surface area contributed by atoms with Gasteiger partial charge >= 0.3 is 0 Å². The minimum Gasteiger partial charge on any atom is -0.493 e. The van der Waals surface area contributed by atoms with Crippen molar-refractivity contribution >= 4 is 39.1 Å². The molecule has 0 heterocycles. The lowest BCUT2D eigenvalue weighted by Gasteiger charge is -2.15. The summed E-state index contributed by atoms with van der Waals surface area (Å²) in [4.78, 5) is -0.597. The van der Waals surface area contributed by atoms with Crippen molar-refractivity contribution in [2.24, 2.45) is 0 Å². The average Bonchev–Trinajstić information content (AvgIpc) is 2.77. The third-order valence-electron chi connectivity index (χ3n) is 4.46. The van der Waals surface area contributed by atoms with E-state index in [1.807, 2.05) is 0 Å². The monoisotopic (exact) mass is 491 g/mol. The van der Waals surface area contributed by atoms with Crippen LogP contribution < -0.4 is 9.47 Å². The van der Waals surface area contributed by atoms with Gasteiger partial charge in [0, 0.05) is 16.1 Å². The van der Waals surface area contributed by atoms with E-state index in [4.69, 9.17) is 32.7 Å². The maximum atomic E-state index is 14.1. The predicted octanol–water partition coefficient (Wildman–Crippen LogP) is 6.06. The van der Waals surface area contributed by atoms with Gasteiger partial charge in [0.05, 0.1) is 17.0 Å². The number of nitrogens with zero attached hydrogens (tertiary/aromatic N) is 1. The van der Waals surface area contributed by atoms with E-state index in [0.29, 0.717) is 5.02 Å². The van der Waals surface area contributed by atoms with Gasteiger partial charge in [0.25, 0.3) is 0 Å². The lowest BCUT2D eigenvalue weighted by Crippen LogP contribution is -2.05. The molecule has 0 aliphatic carbocycles. The standard InChI is InChI=1S/C23H16Cl2FNO4S/c1-30-22-7-2-4-15(23(22)31-14-19-20(25)5-3-6-21(19)26)12-18(13-27)32(28,29)17-10-8-16(24)9-11-17/h2-12H,14H2,1H3/b18-12-. The Morgan fingerprint density at radius 2 is 1.78 bits per heavy atom. The van der Waals surface area contributed by atoms with Crippen molar-refractivity contribution in [1.29, 1.82) is 5.26 Å². The van der Waals surface area contributed by atoms with Gasteiger partial charge in [-0.25, -0.2) is 12.8 Å². The zero-order valence-corrected chi connectivity index (χ0v) is 19.0. The van der Waals surface area contributed by atoms with Crippen molar-refractivity contribution in [3.8, 4) is 17.6 Å². The van der Waals surface area contributed by atoms with Crippen LogP contribution in [0.1, 0.15) is 11.1 Å². The van der Waals surface area contributed by atoms with Crippen LogP contribution in [0.4, 0.5) is 4.39 Å². The minimum absolute atomic E-state index is 0.0850. The van der Waals surface area contributed by atoms with E-state index in [2.05, 4.69) is 0 Å². The summed E-state index contributed by atoms with van der Waals surface area (Å²) in [5.41, 5.74) is 0.384. The molecule has 32 heavy (non-hydrogen) atoms. The maximum Gasteiger partial charge on any atom is 0.216 e. The number of benzene rings is 3. The summed E-state index contributed by atoms with van der Waals surface area (Å²) in [7, 11) is -2.71. The largest absolute Gasteiger partial charge is 0.493 e. The number of hydrogen-bond acceptors (Lipinski definition) is 5. The summed E-state index contributed by atoms with van der Waals surface area (Å²) in [5, 5.41) is 10.1. The molecular weight excluding hydrogens is 476 g/mol. The fraction of sp³-hybridized carbons (Fsp3) is 0.0870. The first-order chi connectivity index (χ1) is 15.3. The van der Waals surface area contributed by atoms with Gasteiger partial charge in [0.15, 0.2) is 11.5 Å². The van der Waals surface area contributed by atoms with Gasteiger partial charge in [-0.05, 0) is 48.5 Å². The molecule has 0 saturated heterocycles. The van der Waals surface area contributed by atoms with E-state index in [1.54, 1.807) is 24.3 Å². The zero-order chi connectivity index (χ0) is 23.3. The lowest BCUT2D eigenvalue weighted by atomic mass is 10.1. The molecule has 5 nitrogen and oxygen atoms in total. The molecule has 0 aromatic heterocycles. The minimum atomic E-state index is -4.12. The van der Waals surface area contributed by atoms with E-state index < -0.39 is 20.6 Å². The second-order valence-corrected chi connectivity index (χ2v) is 9.21. The Labute approximate surface area is 195 Å². The number of ether oxygens (including phenoxy) is 2. The Morgan fingerprint density at radius 1 is 1.09 bits per heavy atom. The molecule has 9 heteroatoms. The van der Waals surface area contributed by atoms with Crippen LogP contribution in [0, 0.1) is 17.1 Å². The molecule has 0 fully saturated rings. The molecule has 164 valence electrons. The highest BCUT2D eigenvalue weighted by molar-refractivity contribution is 7.95. The number of allylic oxidation sites excluding steroid dienone is 1. The smallest absolute Gasteiger partial charge is 0.216 e. The van der Waals surface area contributed by atoms with E-state index in [9.17, 15) is 18.1 Å². The molecule has 0 aliphatic rings. The molecule has 0 aliphatic heterocycles. The number of rotatable bonds is 7. The number of hydrogen-bond donors (Lipinski definition) is 0. The third-order valence-corrected chi connectivity index (χ3v) is 6.75. The summed E-state index contributed by atoms with van der Waals surface area (Å²) in [6, 6.07) is 16.2. The quantitative estimate of drug-likeness (QED) is 0.375. The van der Waals surface area contributed by atoms with Gasteiger partial charge in [0.1, 0.15) is 23.4 Å². The molecule has 3 aromatic carbocycles. The lowest BCUT2D eigenvalue weighted by molar-refractivity contribution is 0.279. The molecule has 0 unspecified atom stereocenters.